The lowest BCUT2D eigenvalue weighted by Crippen LogP contribution is -2.53. The number of carbonyl (C=O) groups is 2. The summed E-state index contributed by atoms with van der Waals surface area (Å²) in [6.07, 6.45) is -0.651. The van der Waals surface area contributed by atoms with Crippen LogP contribution < -0.4 is 10.1 Å². The molecule has 0 radical (unpaired) electrons. The van der Waals surface area contributed by atoms with Gasteiger partial charge in [0.15, 0.2) is 11.6 Å². The van der Waals surface area contributed by atoms with E-state index >= 15 is 0 Å². The average molecular weight is 453 g/mol. The van der Waals surface area contributed by atoms with Crippen LogP contribution in [0.4, 0.5) is 13.6 Å². The van der Waals surface area contributed by atoms with Gasteiger partial charge in [-0.25, -0.2) is 13.6 Å². The van der Waals surface area contributed by atoms with Crippen molar-refractivity contribution < 1.29 is 27.8 Å². The van der Waals surface area contributed by atoms with E-state index in [0.29, 0.717) is 5.56 Å². The molecule has 1 aliphatic rings. The number of nitrogens with zero attached hydrogens (tertiary/aromatic N) is 1. The fourth-order valence-electron chi connectivity index (χ4n) is 3.11. The van der Waals surface area contributed by atoms with Crippen LogP contribution in [0.5, 0.6) is 5.75 Å². The first-order valence-electron chi connectivity index (χ1n) is 9.68. The summed E-state index contributed by atoms with van der Waals surface area (Å²) in [6, 6.07) is 6.93. The van der Waals surface area contributed by atoms with E-state index in [2.05, 4.69) is 5.32 Å². The molecule has 1 atom stereocenters. The molecular formula is C22H23ClF2N2O4. The highest BCUT2D eigenvalue weighted by atomic mass is 35.5. The third kappa shape index (κ3) is 5.64. The molecule has 0 aliphatic carbocycles. The molecule has 166 valence electrons. The average Bonchev–Trinajstić information content (AvgIpc) is 2.67. The Labute approximate surface area is 184 Å². The number of ether oxygens (including phenoxy) is 2. The third-order valence-electron chi connectivity index (χ3n) is 4.51. The smallest absolute Gasteiger partial charge is 0.411 e. The Balaban J connectivity index is 1.85. The molecule has 0 spiro atoms. The maximum Gasteiger partial charge on any atom is 0.411 e. The fourth-order valence-corrected chi connectivity index (χ4v) is 3.27. The minimum Gasteiger partial charge on any atom is -0.486 e. The van der Waals surface area contributed by atoms with Crippen molar-refractivity contribution in [3.63, 3.8) is 0 Å². The summed E-state index contributed by atoms with van der Waals surface area (Å²) in [4.78, 5) is 26.5. The first-order valence-corrected chi connectivity index (χ1v) is 10.1. The van der Waals surface area contributed by atoms with Gasteiger partial charge in [0, 0.05) is 23.7 Å². The standard InChI is InChI=1S/C22H23ClF2N2O4/c1-22(2,3)31-21(29)27-9-8-26-20(28)19(27)13-5-7-16(24)18(10-13)30-12-14-4-6-15(23)11-17(14)25/h4-7,10-11,19H,8-9,12H2,1-3H3,(H,26,28). The second kappa shape index (κ2) is 9.09. The van der Waals surface area contributed by atoms with Crippen LogP contribution in [0.2, 0.25) is 5.02 Å². The van der Waals surface area contributed by atoms with Crippen molar-refractivity contribution >= 4 is 23.6 Å². The van der Waals surface area contributed by atoms with Crippen molar-refractivity contribution in [2.45, 2.75) is 39.0 Å². The zero-order valence-electron chi connectivity index (χ0n) is 17.4. The zero-order chi connectivity index (χ0) is 22.8. The van der Waals surface area contributed by atoms with Crippen LogP contribution in [0, 0.1) is 11.6 Å². The van der Waals surface area contributed by atoms with Gasteiger partial charge in [0.2, 0.25) is 5.91 Å². The van der Waals surface area contributed by atoms with Gasteiger partial charge < -0.3 is 14.8 Å². The molecule has 6 nitrogen and oxygen atoms in total. The molecular weight excluding hydrogens is 430 g/mol. The van der Waals surface area contributed by atoms with Crippen molar-refractivity contribution in [1.29, 1.82) is 0 Å². The summed E-state index contributed by atoms with van der Waals surface area (Å²) in [5.41, 5.74) is -0.203. The van der Waals surface area contributed by atoms with Crippen molar-refractivity contribution in [1.82, 2.24) is 10.2 Å². The molecule has 0 aromatic heterocycles. The zero-order valence-corrected chi connectivity index (χ0v) is 18.1. The van der Waals surface area contributed by atoms with E-state index < -0.39 is 35.3 Å². The van der Waals surface area contributed by atoms with Gasteiger partial charge in [-0.3, -0.25) is 9.69 Å². The van der Waals surface area contributed by atoms with Crippen molar-refractivity contribution in [2.75, 3.05) is 13.1 Å². The Bertz CT molecular complexity index is 994. The number of piperazine rings is 1. The molecule has 9 heteroatoms. The summed E-state index contributed by atoms with van der Waals surface area (Å²) in [5, 5.41) is 2.93. The SMILES string of the molecule is CC(C)(C)OC(=O)N1CCNC(=O)C1c1ccc(F)c(OCc2ccc(Cl)cc2F)c1. The molecule has 1 saturated heterocycles. The molecule has 0 bridgehead atoms. The summed E-state index contributed by atoms with van der Waals surface area (Å²) >= 11 is 5.74. The minimum absolute atomic E-state index is 0.172. The topological polar surface area (TPSA) is 67.9 Å². The van der Waals surface area contributed by atoms with E-state index in [1.54, 1.807) is 20.8 Å². The van der Waals surface area contributed by atoms with E-state index in [1.807, 2.05) is 0 Å². The van der Waals surface area contributed by atoms with Gasteiger partial charge >= 0.3 is 6.09 Å². The maximum absolute atomic E-state index is 14.3. The number of amides is 2. The molecule has 1 aliphatic heterocycles. The molecule has 1 N–H and O–H groups in total. The Morgan fingerprint density at radius 1 is 1.19 bits per heavy atom. The second-order valence-corrected chi connectivity index (χ2v) is 8.52. The van der Waals surface area contributed by atoms with Crippen molar-refractivity contribution in [3.05, 3.63) is 64.2 Å². The Hall–Kier alpha value is -2.87. The predicted molar refractivity (Wildman–Crippen MR) is 111 cm³/mol. The normalized spacial score (nSPS) is 16.6. The highest BCUT2D eigenvalue weighted by molar-refractivity contribution is 6.30. The van der Waals surface area contributed by atoms with Gasteiger partial charge in [-0.15, -0.1) is 0 Å². The Morgan fingerprint density at radius 3 is 2.61 bits per heavy atom. The molecule has 3 rings (SSSR count). The van der Waals surface area contributed by atoms with E-state index in [0.717, 1.165) is 12.1 Å². The number of halogens is 3. The van der Waals surface area contributed by atoms with Gasteiger partial charge in [0.05, 0.1) is 0 Å². The van der Waals surface area contributed by atoms with E-state index in [9.17, 15) is 18.4 Å². The molecule has 31 heavy (non-hydrogen) atoms. The highest BCUT2D eigenvalue weighted by Crippen LogP contribution is 2.30. The van der Waals surface area contributed by atoms with Crippen molar-refractivity contribution in [3.8, 4) is 5.75 Å². The van der Waals surface area contributed by atoms with Gasteiger partial charge in [-0.05, 0) is 50.6 Å². The van der Waals surface area contributed by atoms with Crippen LogP contribution in [0.1, 0.15) is 37.9 Å². The number of hydrogen-bond donors (Lipinski definition) is 1. The van der Waals surface area contributed by atoms with Crippen LogP contribution in [0.15, 0.2) is 36.4 Å². The van der Waals surface area contributed by atoms with Gasteiger partial charge in [0.25, 0.3) is 0 Å². The first kappa shape index (κ1) is 22.8. The largest absolute Gasteiger partial charge is 0.486 e. The van der Waals surface area contributed by atoms with Crippen LogP contribution in [-0.2, 0) is 16.1 Å². The minimum atomic E-state index is -1.01. The number of rotatable bonds is 4. The van der Waals surface area contributed by atoms with Crippen molar-refractivity contribution in [2.24, 2.45) is 0 Å². The van der Waals surface area contributed by atoms with Crippen LogP contribution in [0.3, 0.4) is 0 Å². The fraction of sp³-hybridized carbons (Fsp3) is 0.364. The summed E-state index contributed by atoms with van der Waals surface area (Å²) in [6.45, 7) is 5.44. The third-order valence-corrected chi connectivity index (χ3v) is 4.74. The number of nitrogens with one attached hydrogen (secondary N) is 1. The lowest BCUT2D eigenvalue weighted by atomic mass is 10.0. The quantitative estimate of drug-likeness (QED) is 0.735. The monoisotopic (exact) mass is 452 g/mol. The number of hydrogen-bond acceptors (Lipinski definition) is 4. The number of benzene rings is 2. The van der Waals surface area contributed by atoms with Crippen LogP contribution in [0.25, 0.3) is 0 Å². The molecule has 1 fully saturated rings. The molecule has 1 heterocycles. The van der Waals surface area contributed by atoms with E-state index in [4.69, 9.17) is 21.1 Å². The molecule has 2 aromatic rings. The Morgan fingerprint density at radius 2 is 1.94 bits per heavy atom. The number of carbonyl (C=O) groups excluding carboxylic acids is 2. The van der Waals surface area contributed by atoms with Gasteiger partial charge in [-0.2, -0.15) is 0 Å². The lowest BCUT2D eigenvalue weighted by molar-refractivity contribution is -0.129. The highest BCUT2D eigenvalue weighted by Gasteiger charge is 2.37. The van der Waals surface area contributed by atoms with E-state index in [1.165, 1.54) is 29.2 Å². The van der Waals surface area contributed by atoms with Crippen LogP contribution >= 0.6 is 11.6 Å². The summed E-state index contributed by atoms with van der Waals surface area (Å²) in [5.74, 6) is -1.85. The molecule has 2 amide bonds. The van der Waals surface area contributed by atoms with E-state index in [-0.39, 0.29) is 36.0 Å². The second-order valence-electron chi connectivity index (χ2n) is 8.08. The van der Waals surface area contributed by atoms with Gasteiger partial charge in [-0.1, -0.05) is 23.7 Å². The molecule has 0 saturated carbocycles. The van der Waals surface area contributed by atoms with Crippen LogP contribution in [-0.4, -0.2) is 35.6 Å². The molecule has 2 aromatic carbocycles. The summed E-state index contributed by atoms with van der Waals surface area (Å²) in [7, 11) is 0. The maximum atomic E-state index is 14.3. The van der Waals surface area contributed by atoms with Gasteiger partial charge in [0.1, 0.15) is 24.1 Å². The lowest BCUT2D eigenvalue weighted by Gasteiger charge is -2.36. The first-order chi connectivity index (χ1) is 14.5. The summed E-state index contributed by atoms with van der Waals surface area (Å²) < 4.78 is 39.2. The molecule has 1 unspecified atom stereocenters. The Kier molecular flexibility index (Phi) is 6.69. The predicted octanol–water partition coefficient (Wildman–Crippen LogP) is 4.61.